The van der Waals surface area contributed by atoms with Crippen LogP contribution in [0.5, 0.6) is 11.5 Å². The second-order valence-corrected chi connectivity index (χ2v) is 3.10. The zero-order valence-corrected chi connectivity index (χ0v) is 8.58. The van der Waals surface area contributed by atoms with Crippen LogP contribution in [0.3, 0.4) is 0 Å². The largest absolute Gasteiger partial charge is 0.507 e. The van der Waals surface area contributed by atoms with Crippen molar-refractivity contribution in [3.05, 3.63) is 24.3 Å². The summed E-state index contributed by atoms with van der Waals surface area (Å²) in [6.45, 7) is 0. The van der Waals surface area contributed by atoms with Crippen molar-refractivity contribution in [1.29, 1.82) is 0 Å². The summed E-state index contributed by atoms with van der Waals surface area (Å²) in [6, 6.07) is 6.15. The number of hydrogen-bond donors (Lipinski definition) is 4. The van der Waals surface area contributed by atoms with Crippen LogP contribution in [-0.2, 0) is 0 Å². The summed E-state index contributed by atoms with van der Waals surface area (Å²) in [6.07, 6.45) is 0. The van der Waals surface area contributed by atoms with E-state index < -0.39 is 0 Å². The Hall–Kier alpha value is -1.81. The first kappa shape index (κ1) is 11.3. The predicted molar refractivity (Wildman–Crippen MR) is 63.4 cm³/mol. The molecule has 0 spiro atoms. The Bertz CT molecular complexity index is 514. The summed E-state index contributed by atoms with van der Waals surface area (Å²) in [5, 5.41) is 20.0. The van der Waals surface area contributed by atoms with Gasteiger partial charge in [0.1, 0.15) is 11.5 Å². The quantitative estimate of drug-likeness (QED) is 0.313. The first-order chi connectivity index (χ1) is 6.61. The molecule has 0 radical (unpaired) electrons. The summed E-state index contributed by atoms with van der Waals surface area (Å²) in [5.41, 5.74) is 11.8. The maximum Gasteiger partial charge on any atom is 0.148 e. The van der Waals surface area contributed by atoms with E-state index in [1.807, 2.05) is 0 Å². The minimum absolute atomic E-state index is 0. The molecule has 0 saturated heterocycles. The Morgan fingerprint density at radius 3 is 2.13 bits per heavy atom. The van der Waals surface area contributed by atoms with Crippen LogP contribution in [-0.4, -0.2) is 10.2 Å². The van der Waals surface area contributed by atoms with E-state index in [1.54, 1.807) is 6.07 Å². The van der Waals surface area contributed by atoms with Gasteiger partial charge in [-0.2, -0.15) is 0 Å². The lowest BCUT2D eigenvalue weighted by atomic mass is 10.1. The first-order valence-corrected chi connectivity index (χ1v) is 4.10. The molecule has 2 aromatic rings. The first-order valence-electron chi connectivity index (χ1n) is 4.10. The van der Waals surface area contributed by atoms with E-state index in [2.05, 4.69) is 0 Å². The Morgan fingerprint density at radius 1 is 0.867 bits per heavy atom. The summed E-state index contributed by atoms with van der Waals surface area (Å²) in [7, 11) is 0. The van der Waals surface area contributed by atoms with Gasteiger partial charge in [0.2, 0.25) is 0 Å². The third-order valence-corrected chi connectivity index (χ3v) is 2.19. The van der Waals surface area contributed by atoms with Gasteiger partial charge in [0.25, 0.3) is 0 Å². The van der Waals surface area contributed by atoms with Gasteiger partial charge in [-0.3, -0.25) is 0 Å². The molecule has 0 unspecified atom stereocenters. The molecule has 6 N–H and O–H groups in total. The average molecular weight is 227 g/mol. The van der Waals surface area contributed by atoms with Crippen LogP contribution in [0.15, 0.2) is 24.3 Å². The Kier molecular flexibility index (Phi) is 2.81. The number of phenolic OH excluding ortho intramolecular Hbond substituents is 2. The normalized spacial score (nSPS) is 9.87. The van der Waals surface area contributed by atoms with E-state index in [9.17, 15) is 10.2 Å². The average Bonchev–Trinajstić information content (AvgIpc) is 2.16. The summed E-state index contributed by atoms with van der Waals surface area (Å²) in [5.74, 6) is -0.0135. The van der Waals surface area contributed by atoms with Crippen LogP contribution in [0.4, 0.5) is 11.4 Å². The van der Waals surface area contributed by atoms with E-state index in [1.165, 1.54) is 18.2 Å². The van der Waals surface area contributed by atoms with Crippen molar-refractivity contribution in [3.8, 4) is 11.5 Å². The zero-order chi connectivity index (χ0) is 10.3. The van der Waals surface area contributed by atoms with Gasteiger partial charge in [0.05, 0.1) is 11.1 Å². The molecule has 0 saturated carbocycles. The van der Waals surface area contributed by atoms with E-state index in [4.69, 9.17) is 11.5 Å². The molecule has 0 heterocycles. The molecule has 0 atom stereocenters. The van der Waals surface area contributed by atoms with E-state index in [0.717, 1.165) is 0 Å². The number of benzene rings is 2. The van der Waals surface area contributed by atoms with E-state index in [-0.39, 0.29) is 29.6 Å². The molecule has 5 heteroatoms. The highest BCUT2D eigenvalue weighted by Crippen LogP contribution is 2.38. The highest BCUT2D eigenvalue weighted by atomic mass is 35.5. The Balaban J connectivity index is 0.00000112. The minimum atomic E-state index is -0.0871. The van der Waals surface area contributed by atoms with E-state index in [0.29, 0.717) is 16.5 Å². The van der Waals surface area contributed by atoms with Gasteiger partial charge in [-0.15, -0.1) is 12.4 Å². The third kappa shape index (κ3) is 1.59. The molecule has 0 aliphatic rings. The fraction of sp³-hybridized carbons (Fsp3) is 0. The van der Waals surface area contributed by atoms with Crippen molar-refractivity contribution in [2.24, 2.45) is 0 Å². The van der Waals surface area contributed by atoms with Crippen LogP contribution in [0.1, 0.15) is 0 Å². The molecule has 0 aliphatic carbocycles. The smallest absolute Gasteiger partial charge is 0.148 e. The Morgan fingerprint density at radius 2 is 1.47 bits per heavy atom. The predicted octanol–water partition coefficient (Wildman–Crippen LogP) is 1.84. The number of rotatable bonds is 0. The molecule has 0 amide bonds. The molecular formula is C10H11ClN2O2. The lowest BCUT2D eigenvalue weighted by Crippen LogP contribution is -1.91. The van der Waals surface area contributed by atoms with Crippen LogP contribution in [0.25, 0.3) is 10.8 Å². The van der Waals surface area contributed by atoms with Gasteiger partial charge < -0.3 is 21.7 Å². The van der Waals surface area contributed by atoms with Gasteiger partial charge in [0, 0.05) is 11.1 Å². The van der Waals surface area contributed by atoms with Crippen LogP contribution < -0.4 is 11.5 Å². The molecule has 2 aromatic carbocycles. The van der Waals surface area contributed by atoms with Gasteiger partial charge in [-0.25, -0.2) is 0 Å². The molecule has 80 valence electrons. The molecule has 0 fully saturated rings. The SMILES string of the molecule is Cl.Nc1ccc2c(O)ccc(N)c2c1O. The molecule has 0 aromatic heterocycles. The number of nitrogens with two attached hydrogens (primary N) is 2. The summed E-state index contributed by atoms with van der Waals surface area (Å²) < 4.78 is 0. The van der Waals surface area contributed by atoms with Crippen LogP contribution in [0, 0.1) is 0 Å². The highest BCUT2D eigenvalue weighted by Gasteiger charge is 2.09. The standard InChI is InChI=1S/C10H10N2O2.ClH/c11-6-3-4-8(13)5-1-2-7(12)10(14)9(5)6;/h1-4,13-14H,11-12H2;1H. The molecule has 0 aliphatic heterocycles. The fourth-order valence-corrected chi connectivity index (χ4v) is 1.45. The van der Waals surface area contributed by atoms with Gasteiger partial charge in [-0.1, -0.05) is 0 Å². The summed E-state index contributed by atoms with van der Waals surface area (Å²) in [4.78, 5) is 0. The second-order valence-electron chi connectivity index (χ2n) is 3.10. The molecule has 0 bridgehead atoms. The number of phenols is 2. The summed E-state index contributed by atoms with van der Waals surface area (Å²) >= 11 is 0. The van der Waals surface area contributed by atoms with Crippen molar-refractivity contribution in [2.75, 3.05) is 11.5 Å². The van der Waals surface area contributed by atoms with Crippen molar-refractivity contribution < 1.29 is 10.2 Å². The van der Waals surface area contributed by atoms with Crippen molar-refractivity contribution in [2.45, 2.75) is 0 Å². The number of nitrogen functional groups attached to an aromatic ring is 2. The van der Waals surface area contributed by atoms with Crippen molar-refractivity contribution in [3.63, 3.8) is 0 Å². The molecule has 2 rings (SSSR count). The fourth-order valence-electron chi connectivity index (χ4n) is 1.45. The van der Waals surface area contributed by atoms with Gasteiger partial charge in [-0.05, 0) is 24.3 Å². The zero-order valence-electron chi connectivity index (χ0n) is 7.77. The molecule has 4 nitrogen and oxygen atoms in total. The number of aromatic hydroxyl groups is 2. The van der Waals surface area contributed by atoms with E-state index >= 15 is 0 Å². The number of halogens is 1. The maximum absolute atomic E-state index is 9.65. The van der Waals surface area contributed by atoms with Crippen molar-refractivity contribution in [1.82, 2.24) is 0 Å². The van der Waals surface area contributed by atoms with Crippen LogP contribution in [0.2, 0.25) is 0 Å². The molecular weight excluding hydrogens is 216 g/mol. The van der Waals surface area contributed by atoms with Crippen molar-refractivity contribution >= 4 is 34.6 Å². The lowest BCUT2D eigenvalue weighted by Gasteiger charge is -2.07. The highest BCUT2D eigenvalue weighted by molar-refractivity contribution is 6.03. The number of hydrogen-bond acceptors (Lipinski definition) is 4. The topological polar surface area (TPSA) is 92.5 Å². The second kappa shape index (κ2) is 3.74. The monoisotopic (exact) mass is 226 g/mol. The van der Waals surface area contributed by atoms with Gasteiger partial charge >= 0.3 is 0 Å². The Labute approximate surface area is 92.5 Å². The lowest BCUT2D eigenvalue weighted by molar-refractivity contribution is 0.477. The third-order valence-electron chi connectivity index (χ3n) is 2.19. The molecule has 15 heavy (non-hydrogen) atoms. The minimum Gasteiger partial charge on any atom is -0.507 e. The van der Waals surface area contributed by atoms with Gasteiger partial charge in [0.15, 0.2) is 0 Å². The maximum atomic E-state index is 9.65. The van der Waals surface area contributed by atoms with Crippen LogP contribution >= 0.6 is 12.4 Å². The number of anilines is 2. The number of fused-ring (bicyclic) bond motifs is 1.